The van der Waals surface area contributed by atoms with Gasteiger partial charge in [-0.05, 0) is 25.8 Å². The number of aromatic nitrogens is 12. The molecule has 8 rings (SSSR count). The number of ether oxygens (including phenoxy) is 12. The molecule has 4 fully saturated rings. The van der Waals surface area contributed by atoms with Gasteiger partial charge in [-0.25, -0.2) is 18.7 Å². The van der Waals surface area contributed by atoms with Gasteiger partial charge in [0, 0.05) is 85.1 Å². The van der Waals surface area contributed by atoms with Crippen LogP contribution in [0.3, 0.4) is 0 Å². The maximum absolute atomic E-state index is 15.1. The molecule has 4 aliphatic rings. The molecule has 47 heteroatoms. The number of carbonyl (C=O) groups is 5. The van der Waals surface area contributed by atoms with Gasteiger partial charge in [0.2, 0.25) is 23.6 Å². The number of aliphatic hydroxyl groups is 12. The van der Waals surface area contributed by atoms with Gasteiger partial charge in [-0.15, -0.1) is 20.4 Å². The van der Waals surface area contributed by atoms with Crippen molar-refractivity contribution in [2.24, 2.45) is 0 Å². The Morgan fingerprint density at radius 2 is 0.678 bits per heavy atom. The largest absolute Gasteiger partial charge is 0.394 e. The van der Waals surface area contributed by atoms with E-state index in [0.29, 0.717) is 74.5 Å². The number of hydrogen-bond donors (Lipinski definition) is 16. The van der Waals surface area contributed by atoms with Gasteiger partial charge >= 0.3 is 0 Å². The predicted molar refractivity (Wildman–Crippen MR) is 413 cm³/mol. The zero-order valence-corrected chi connectivity index (χ0v) is 69.3. The van der Waals surface area contributed by atoms with E-state index in [1.807, 2.05) is 4.90 Å². The number of hydrogen-bond acceptors (Lipinski definition) is 39. The average Bonchev–Trinajstić information content (AvgIpc) is 1.48. The topological polar surface area (TPSA) is 616 Å². The van der Waals surface area contributed by atoms with Crippen molar-refractivity contribution < 1.29 is 142 Å². The standard InChI is InChI=1S/C74H126N18O29/c1-6-7-8-9-10-11-15-54(101)53(88(35-51-39-91(85-81-51)19-23-112-27-31-116-73-61(77-47(4)99)69(108)65(104)57(43-95)120-73)36-52-40-92(86-82-52)20-24-113-28-32-117-74-62(78-48(5)100)70(109)66(105)58(44-96)121-74)14-12-13-16-87(33-49-37-89(83-79-49)17-21-110-25-29-114-71-59(75-45(2)97)67(106)63(102)55(41-93)118-71)34-50-38-90(84-80-50)18-22-111-26-30-115-72-60(76-46(3)98)68(107)64(103)56(42-94)119-72/h37-40,53,55-74,93-96,102-109H,6-36,41-44H2,1-5H3,(H,75,97)(H,76,98)(H,77,99)(H,78,100). The summed E-state index contributed by atoms with van der Waals surface area (Å²) in [5.41, 5.74) is 2.28. The first-order valence-corrected chi connectivity index (χ1v) is 41.2. The van der Waals surface area contributed by atoms with E-state index < -0.39 is 179 Å². The van der Waals surface area contributed by atoms with Crippen LogP contribution in [0.15, 0.2) is 24.8 Å². The first-order chi connectivity index (χ1) is 58.3. The summed E-state index contributed by atoms with van der Waals surface area (Å²) in [6, 6.07) is -5.16. The molecule has 4 saturated heterocycles. The summed E-state index contributed by atoms with van der Waals surface area (Å²) >= 11 is 0. The lowest BCUT2D eigenvalue weighted by molar-refractivity contribution is -0.272. The van der Waals surface area contributed by atoms with Crippen LogP contribution < -0.4 is 21.3 Å². The lowest BCUT2D eigenvalue weighted by Crippen LogP contribution is -2.64. The number of ketones is 1. The molecule has 21 atom stereocenters. The van der Waals surface area contributed by atoms with E-state index in [9.17, 15) is 80.5 Å². The van der Waals surface area contributed by atoms with Crippen LogP contribution in [0.2, 0.25) is 0 Å². The molecule has 21 unspecified atom stereocenters. The molecule has 4 aromatic rings. The minimum atomic E-state index is -1.49. The number of rotatable bonds is 58. The lowest BCUT2D eigenvalue weighted by atomic mass is 9.97. The summed E-state index contributed by atoms with van der Waals surface area (Å²) in [6.07, 6.45) is -6.66. The highest BCUT2D eigenvalue weighted by atomic mass is 16.7. The molecule has 0 radical (unpaired) electrons. The van der Waals surface area contributed by atoms with Crippen LogP contribution in [0, 0.1) is 0 Å². The summed E-state index contributed by atoms with van der Waals surface area (Å²) in [4.78, 5) is 67.1. The number of Topliss-reactive ketones (excluding diaryl/α,β-unsaturated/α-hetero) is 1. The Hall–Kier alpha value is -6.93. The van der Waals surface area contributed by atoms with Crippen molar-refractivity contribution >= 4 is 29.4 Å². The molecule has 4 amide bonds. The van der Waals surface area contributed by atoms with Crippen molar-refractivity contribution in [1.29, 1.82) is 0 Å². The van der Waals surface area contributed by atoms with Gasteiger partial charge in [0.15, 0.2) is 25.2 Å². The second kappa shape index (κ2) is 52.8. The summed E-state index contributed by atoms with van der Waals surface area (Å²) in [7, 11) is 0. The van der Waals surface area contributed by atoms with Crippen molar-refractivity contribution in [2.75, 3.05) is 112 Å². The fourth-order valence-electron chi connectivity index (χ4n) is 14.3. The van der Waals surface area contributed by atoms with Crippen molar-refractivity contribution in [1.82, 2.24) is 91.0 Å². The molecule has 121 heavy (non-hydrogen) atoms. The zero-order valence-electron chi connectivity index (χ0n) is 69.3. The molecule has 686 valence electrons. The minimum absolute atomic E-state index is 0.0232. The van der Waals surface area contributed by atoms with Crippen molar-refractivity contribution in [2.45, 2.75) is 280 Å². The van der Waals surface area contributed by atoms with Crippen LogP contribution in [-0.2, 0) is 133 Å². The maximum atomic E-state index is 15.1. The summed E-state index contributed by atoms with van der Waals surface area (Å²) in [6.45, 7) is 7.77. The molecule has 0 aliphatic carbocycles. The second-order valence-corrected chi connectivity index (χ2v) is 30.2. The Bertz CT molecular complexity index is 3430. The van der Waals surface area contributed by atoms with E-state index in [-0.39, 0.29) is 124 Å². The highest BCUT2D eigenvalue weighted by Gasteiger charge is 2.49. The maximum Gasteiger partial charge on any atom is 0.217 e. The SMILES string of the molecule is CCCCCCCCC(=O)C(CCCCN(Cc1cn(CCOCCOC2OC(CO)C(O)C(O)C2NC(C)=O)nn1)Cc1cn(CCOCCOC2OC(CO)C(O)C(O)C2NC(C)=O)nn1)N(Cc1cn(CCOCCOC2OC(CO)C(O)C(O)C2NC(C)=O)nn1)Cc1cn(CCOCCOC2OC(CO)C(O)C(O)C2NC(C)=O)nn1. The Morgan fingerprint density at radius 1 is 0.388 bits per heavy atom. The molecule has 4 aromatic heterocycles. The van der Waals surface area contributed by atoms with E-state index in [2.05, 4.69) is 74.3 Å². The number of aliphatic hydroxyl groups excluding tert-OH is 12. The van der Waals surface area contributed by atoms with Crippen molar-refractivity contribution in [3.05, 3.63) is 47.6 Å². The molecule has 8 heterocycles. The molecule has 0 aromatic carbocycles. The molecular weight excluding hydrogens is 1600 g/mol. The molecule has 4 aliphatic heterocycles. The minimum Gasteiger partial charge on any atom is -0.394 e. The molecular formula is C74H126N18O29. The highest BCUT2D eigenvalue weighted by Crippen LogP contribution is 2.28. The van der Waals surface area contributed by atoms with Gasteiger partial charge in [-0.2, -0.15) is 0 Å². The number of nitrogens with one attached hydrogen (secondary N) is 4. The predicted octanol–water partition coefficient (Wildman–Crippen LogP) is -7.48. The molecule has 16 N–H and O–H groups in total. The smallest absolute Gasteiger partial charge is 0.217 e. The molecule has 47 nitrogen and oxygen atoms in total. The molecule has 0 spiro atoms. The Morgan fingerprint density at radius 3 is 0.967 bits per heavy atom. The Kier molecular flexibility index (Phi) is 43.4. The van der Waals surface area contributed by atoms with E-state index in [0.717, 1.165) is 32.1 Å². The third-order valence-electron chi connectivity index (χ3n) is 20.5. The van der Waals surface area contributed by atoms with Crippen molar-refractivity contribution in [3.8, 4) is 0 Å². The van der Waals surface area contributed by atoms with Crippen LogP contribution in [0.5, 0.6) is 0 Å². The first-order valence-electron chi connectivity index (χ1n) is 41.2. The number of carbonyl (C=O) groups excluding carboxylic acids is 5. The van der Waals surface area contributed by atoms with E-state index >= 15 is 4.79 Å². The van der Waals surface area contributed by atoms with Gasteiger partial charge in [0.1, 0.15) is 103 Å². The van der Waals surface area contributed by atoms with Crippen LogP contribution in [-0.4, -0.2) is 401 Å². The Balaban J connectivity index is 0.947. The fraction of sp³-hybridized carbons (Fsp3) is 0.824. The third kappa shape index (κ3) is 32.2. The van der Waals surface area contributed by atoms with E-state index in [1.165, 1.54) is 27.7 Å². The summed E-state index contributed by atoms with van der Waals surface area (Å²) in [5, 5.41) is 169. The number of amides is 4. The van der Waals surface area contributed by atoms with Gasteiger partial charge in [0.05, 0.1) is 161 Å². The monoisotopic (exact) mass is 1730 g/mol. The van der Waals surface area contributed by atoms with Crippen LogP contribution in [0.4, 0.5) is 0 Å². The Labute approximate surface area is 699 Å². The van der Waals surface area contributed by atoms with Crippen LogP contribution in [0.25, 0.3) is 0 Å². The summed E-state index contributed by atoms with van der Waals surface area (Å²) in [5.74, 6) is -1.96. The van der Waals surface area contributed by atoms with Gasteiger partial charge < -0.3 is 139 Å². The first kappa shape index (κ1) is 99.5. The molecule has 0 saturated carbocycles. The van der Waals surface area contributed by atoms with Gasteiger partial charge in [0.25, 0.3) is 0 Å². The lowest BCUT2D eigenvalue weighted by Gasteiger charge is -2.42. The quantitative estimate of drug-likeness (QED) is 0.0183. The number of unbranched alkanes of at least 4 members (excludes halogenated alkanes) is 6. The van der Waals surface area contributed by atoms with Crippen LogP contribution >= 0.6 is 0 Å². The van der Waals surface area contributed by atoms with Crippen molar-refractivity contribution in [3.63, 3.8) is 0 Å². The third-order valence-corrected chi connectivity index (χ3v) is 20.5. The number of nitrogens with zero attached hydrogens (tertiary/aromatic N) is 14. The second-order valence-electron chi connectivity index (χ2n) is 30.2. The normalized spacial score (nSPS) is 27.3. The average molecular weight is 1730 g/mol. The molecule has 0 bridgehead atoms. The zero-order chi connectivity index (χ0) is 87.3. The van der Waals surface area contributed by atoms with E-state index in [1.54, 1.807) is 43.5 Å². The fourth-order valence-corrected chi connectivity index (χ4v) is 14.3. The van der Waals surface area contributed by atoms with Gasteiger partial charge in [-0.3, -0.25) is 33.8 Å². The summed E-state index contributed by atoms with van der Waals surface area (Å²) < 4.78 is 75.8. The highest BCUT2D eigenvalue weighted by molar-refractivity contribution is 5.84. The van der Waals surface area contributed by atoms with E-state index in [4.69, 9.17) is 56.8 Å². The van der Waals surface area contributed by atoms with Crippen LogP contribution in [0.1, 0.15) is 122 Å². The van der Waals surface area contributed by atoms with Gasteiger partial charge in [-0.1, -0.05) is 66.3 Å².